The Kier molecular flexibility index (Phi) is 5.70. The number of anilines is 1. The van der Waals surface area contributed by atoms with Crippen molar-refractivity contribution in [2.75, 3.05) is 18.4 Å². The molecule has 1 unspecified atom stereocenters. The number of hydrogen-bond acceptors (Lipinski definition) is 4. The second-order valence-electron chi connectivity index (χ2n) is 5.75. The van der Waals surface area contributed by atoms with Crippen LogP contribution in [0.3, 0.4) is 0 Å². The van der Waals surface area contributed by atoms with Crippen molar-refractivity contribution in [3.8, 4) is 0 Å². The molecule has 2 aromatic rings. The number of hydrogen-bond donors (Lipinski definition) is 1. The number of amides is 1. The second kappa shape index (κ2) is 7.63. The SMILES string of the molecule is O=C(Nc1ccccc1)C1CCCN(S(=O)(=O)c2cc(Cl)sc2Cl)C1. The molecule has 2 heterocycles. The van der Waals surface area contributed by atoms with E-state index in [1.54, 1.807) is 12.1 Å². The number of rotatable bonds is 4. The van der Waals surface area contributed by atoms with Crippen LogP contribution in [0, 0.1) is 5.92 Å². The summed E-state index contributed by atoms with van der Waals surface area (Å²) >= 11 is 12.9. The molecule has 9 heteroatoms. The van der Waals surface area contributed by atoms with Crippen LogP contribution in [0.5, 0.6) is 0 Å². The maximum absolute atomic E-state index is 12.8. The molecule has 1 saturated heterocycles. The van der Waals surface area contributed by atoms with Crippen molar-refractivity contribution in [3.63, 3.8) is 0 Å². The second-order valence-corrected chi connectivity index (χ2v) is 9.94. The molecule has 0 aliphatic carbocycles. The maximum atomic E-state index is 12.8. The van der Waals surface area contributed by atoms with E-state index in [1.807, 2.05) is 18.2 Å². The number of carbonyl (C=O) groups is 1. The monoisotopic (exact) mass is 418 g/mol. The Morgan fingerprint density at radius 3 is 2.60 bits per heavy atom. The van der Waals surface area contributed by atoms with Gasteiger partial charge in [0.25, 0.3) is 0 Å². The maximum Gasteiger partial charge on any atom is 0.245 e. The summed E-state index contributed by atoms with van der Waals surface area (Å²) in [6, 6.07) is 10.5. The fourth-order valence-electron chi connectivity index (χ4n) is 2.78. The summed E-state index contributed by atoms with van der Waals surface area (Å²) in [6.07, 6.45) is 1.25. The summed E-state index contributed by atoms with van der Waals surface area (Å²) in [5.74, 6) is -0.586. The van der Waals surface area contributed by atoms with E-state index >= 15 is 0 Å². The van der Waals surface area contributed by atoms with Gasteiger partial charge in [-0.1, -0.05) is 41.4 Å². The van der Waals surface area contributed by atoms with E-state index in [2.05, 4.69) is 5.32 Å². The van der Waals surface area contributed by atoms with Crippen molar-refractivity contribution in [2.24, 2.45) is 5.92 Å². The van der Waals surface area contributed by atoms with Gasteiger partial charge in [0, 0.05) is 18.8 Å². The van der Waals surface area contributed by atoms with E-state index in [0.717, 1.165) is 11.3 Å². The summed E-state index contributed by atoms with van der Waals surface area (Å²) in [5.41, 5.74) is 0.695. The minimum atomic E-state index is -3.76. The van der Waals surface area contributed by atoms with Gasteiger partial charge in [-0.2, -0.15) is 4.31 Å². The topological polar surface area (TPSA) is 66.5 Å². The average molecular weight is 419 g/mol. The molecule has 1 aromatic carbocycles. The van der Waals surface area contributed by atoms with E-state index in [1.165, 1.54) is 10.4 Å². The molecule has 134 valence electrons. The molecule has 0 spiro atoms. The van der Waals surface area contributed by atoms with Crippen LogP contribution in [-0.2, 0) is 14.8 Å². The van der Waals surface area contributed by atoms with Crippen LogP contribution in [0.25, 0.3) is 0 Å². The number of thiophene rings is 1. The Bertz CT molecular complexity index is 869. The highest BCUT2D eigenvalue weighted by Crippen LogP contribution is 2.36. The number of nitrogens with zero attached hydrogens (tertiary/aromatic N) is 1. The first kappa shape index (κ1) is 18.7. The molecule has 1 amide bonds. The van der Waals surface area contributed by atoms with Crippen molar-refractivity contribution < 1.29 is 13.2 Å². The molecule has 0 radical (unpaired) electrons. The number of nitrogens with one attached hydrogen (secondary N) is 1. The summed E-state index contributed by atoms with van der Waals surface area (Å²) in [6.45, 7) is 0.492. The molecule has 1 fully saturated rings. The fraction of sp³-hybridized carbons (Fsp3) is 0.312. The van der Waals surface area contributed by atoms with Crippen molar-refractivity contribution >= 4 is 56.2 Å². The number of halogens is 2. The van der Waals surface area contributed by atoms with Crippen LogP contribution in [0.2, 0.25) is 8.67 Å². The summed E-state index contributed by atoms with van der Waals surface area (Å²) in [4.78, 5) is 12.5. The van der Waals surface area contributed by atoms with Crippen LogP contribution in [0.4, 0.5) is 5.69 Å². The predicted octanol–water partition coefficient (Wildman–Crippen LogP) is 4.09. The lowest BCUT2D eigenvalue weighted by molar-refractivity contribution is -0.120. The third-order valence-electron chi connectivity index (χ3n) is 4.04. The molecular formula is C16H16Cl2N2O3S2. The summed E-state index contributed by atoms with van der Waals surface area (Å²) in [5, 5.41) is 2.83. The van der Waals surface area contributed by atoms with Crippen LogP contribution in [0.1, 0.15) is 12.8 Å². The molecule has 0 saturated carbocycles. The van der Waals surface area contributed by atoms with Crippen molar-refractivity contribution in [3.05, 3.63) is 45.1 Å². The number of carbonyl (C=O) groups excluding carboxylic acids is 1. The van der Waals surface area contributed by atoms with E-state index < -0.39 is 15.9 Å². The molecule has 1 aliphatic heterocycles. The molecular weight excluding hydrogens is 403 g/mol. The van der Waals surface area contributed by atoms with Gasteiger partial charge in [0.1, 0.15) is 9.23 Å². The van der Waals surface area contributed by atoms with Crippen LogP contribution >= 0.6 is 34.5 Å². The smallest absolute Gasteiger partial charge is 0.245 e. The standard InChI is InChI=1S/C16H16Cl2N2O3S2/c17-14-9-13(15(18)24-14)25(22,23)20-8-4-5-11(10-20)16(21)19-12-6-2-1-3-7-12/h1-3,6-7,9,11H,4-5,8,10H2,(H,19,21). The lowest BCUT2D eigenvalue weighted by Crippen LogP contribution is -2.43. The Morgan fingerprint density at radius 2 is 1.96 bits per heavy atom. The quantitative estimate of drug-likeness (QED) is 0.812. The highest BCUT2D eigenvalue weighted by molar-refractivity contribution is 7.89. The van der Waals surface area contributed by atoms with E-state index in [4.69, 9.17) is 23.2 Å². The molecule has 1 N–H and O–H groups in total. The third kappa shape index (κ3) is 4.17. The Morgan fingerprint density at radius 1 is 1.24 bits per heavy atom. The molecule has 0 bridgehead atoms. The van der Waals surface area contributed by atoms with E-state index in [9.17, 15) is 13.2 Å². The van der Waals surface area contributed by atoms with Crippen LogP contribution < -0.4 is 5.32 Å². The van der Waals surface area contributed by atoms with Crippen molar-refractivity contribution in [1.82, 2.24) is 4.31 Å². The number of piperidine rings is 1. The first-order valence-electron chi connectivity index (χ1n) is 7.69. The fourth-order valence-corrected chi connectivity index (χ4v) is 6.42. The van der Waals surface area contributed by atoms with Gasteiger partial charge in [-0.3, -0.25) is 4.79 Å². The molecule has 5 nitrogen and oxygen atoms in total. The van der Waals surface area contributed by atoms with Crippen LogP contribution in [0.15, 0.2) is 41.3 Å². The molecule has 25 heavy (non-hydrogen) atoms. The Balaban J connectivity index is 1.74. The first-order valence-corrected chi connectivity index (χ1v) is 10.7. The van der Waals surface area contributed by atoms with E-state index in [-0.39, 0.29) is 21.7 Å². The van der Waals surface area contributed by atoms with Gasteiger partial charge < -0.3 is 5.32 Å². The summed E-state index contributed by atoms with van der Waals surface area (Å²) in [7, 11) is -3.76. The average Bonchev–Trinajstić information content (AvgIpc) is 2.95. The number of sulfonamides is 1. The van der Waals surface area contributed by atoms with Gasteiger partial charge in [0.05, 0.1) is 10.3 Å². The van der Waals surface area contributed by atoms with Gasteiger partial charge in [0.15, 0.2) is 0 Å². The van der Waals surface area contributed by atoms with Crippen LogP contribution in [-0.4, -0.2) is 31.7 Å². The molecule has 1 atom stereocenters. The highest BCUT2D eigenvalue weighted by Gasteiger charge is 2.35. The third-order valence-corrected chi connectivity index (χ3v) is 7.66. The lowest BCUT2D eigenvalue weighted by Gasteiger charge is -2.31. The van der Waals surface area contributed by atoms with E-state index in [0.29, 0.717) is 29.4 Å². The zero-order valence-electron chi connectivity index (χ0n) is 13.1. The zero-order chi connectivity index (χ0) is 18.0. The van der Waals surface area contributed by atoms with Gasteiger partial charge in [0.2, 0.25) is 15.9 Å². The number of para-hydroxylation sites is 1. The Hall–Kier alpha value is -1.12. The minimum absolute atomic E-state index is 0.00767. The van der Waals surface area contributed by atoms with Gasteiger partial charge in [-0.05, 0) is 31.0 Å². The lowest BCUT2D eigenvalue weighted by atomic mass is 9.99. The largest absolute Gasteiger partial charge is 0.326 e. The normalized spacial score (nSPS) is 18.9. The first-order chi connectivity index (χ1) is 11.9. The molecule has 1 aromatic heterocycles. The minimum Gasteiger partial charge on any atom is -0.326 e. The predicted molar refractivity (Wildman–Crippen MR) is 101 cm³/mol. The Labute approximate surface area is 160 Å². The highest BCUT2D eigenvalue weighted by atomic mass is 35.5. The van der Waals surface area contributed by atoms with Gasteiger partial charge >= 0.3 is 0 Å². The molecule has 1 aliphatic rings. The number of benzene rings is 1. The van der Waals surface area contributed by atoms with Gasteiger partial charge in [-0.15, -0.1) is 11.3 Å². The molecule has 3 rings (SSSR count). The van der Waals surface area contributed by atoms with Crippen molar-refractivity contribution in [2.45, 2.75) is 17.7 Å². The summed E-state index contributed by atoms with van der Waals surface area (Å²) < 4.78 is 27.4. The zero-order valence-corrected chi connectivity index (χ0v) is 16.3. The van der Waals surface area contributed by atoms with Gasteiger partial charge in [-0.25, -0.2) is 8.42 Å². The van der Waals surface area contributed by atoms with Crippen molar-refractivity contribution in [1.29, 1.82) is 0 Å².